The van der Waals surface area contributed by atoms with Gasteiger partial charge in [0, 0.05) is 10.6 Å². The van der Waals surface area contributed by atoms with Gasteiger partial charge in [0.25, 0.3) is 5.91 Å². The van der Waals surface area contributed by atoms with Crippen LogP contribution in [0, 0.1) is 0 Å². The van der Waals surface area contributed by atoms with Gasteiger partial charge in [-0.05, 0) is 37.6 Å². The maximum Gasteiger partial charge on any atom is 0.331 e. The van der Waals surface area contributed by atoms with Crippen molar-refractivity contribution in [2.75, 3.05) is 13.7 Å². The Labute approximate surface area is 140 Å². The second-order valence-electron chi connectivity index (χ2n) is 5.67. The third-order valence-electron chi connectivity index (χ3n) is 3.75. The molecule has 0 saturated heterocycles. The Bertz CT molecular complexity index is 656. The van der Waals surface area contributed by atoms with Crippen LogP contribution >= 0.6 is 11.6 Å². The number of nitrogens with one attached hydrogen (secondary N) is 1. The molecule has 5 nitrogen and oxygen atoms in total. The molecular formula is C17H20ClNO4. The molecule has 1 atom stereocenters. The molecule has 0 fully saturated rings. The lowest BCUT2D eigenvalue weighted by atomic mass is 9.95. The number of methoxy groups -OCH3 is 1. The van der Waals surface area contributed by atoms with Gasteiger partial charge < -0.3 is 14.8 Å². The van der Waals surface area contributed by atoms with Crippen LogP contribution in [0.5, 0.6) is 5.75 Å². The van der Waals surface area contributed by atoms with Crippen LogP contribution in [-0.2, 0) is 14.3 Å². The lowest BCUT2D eigenvalue weighted by molar-refractivity contribution is -0.150. The van der Waals surface area contributed by atoms with Gasteiger partial charge >= 0.3 is 5.97 Å². The lowest BCUT2D eigenvalue weighted by Gasteiger charge is -2.28. The SMILES string of the molecule is CCCC(C)(NC(=O)C1=Cc2cc(Cl)ccc2OC1)C(=O)OC. The first kappa shape index (κ1) is 17.3. The highest BCUT2D eigenvalue weighted by atomic mass is 35.5. The third kappa shape index (κ3) is 3.85. The van der Waals surface area contributed by atoms with E-state index in [2.05, 4.69) is 5.32 Å². The maximum atomic E-state index is 12.5. The predicted molar refractivity (Wildman–Crippen MR) is 88.4 cm³/mol. The van der Waals surface area contributed by atoms with Crippen LogP contribution in [0.4, 0.5) is 0 Å². The number of ether oxygens (including phenoxy) is 2. The van der Waals surface area contributed by atoms with E-state index in [1.54, 1.807) is 31.2 Å². The summed E-state index contributed by atoms with van der Waals surface area (Å²) in [7, 11) is 1.31. The maximum absolute atomic E-state index is 12.5. The highest BCUT2D eigenvalue weighted by Gasteiger charge is 2.36. The van der Waals surface area contributed by atoms with Crippen molar-refractivity contribution in [3.8, 4) is 5.75 Å². The van der Waals surface area contributed by atoms with Crippen LogP contribution in [0.3, 0.4) is 0 Å². The molecule has 124 valence electrons. The van der Waals surface area contributed by atoms with Gasteiger partial charge in [0.2, 0.25) is 0 Å². The minimum atomic E-state index is -1.06. The first-order valence-electron chi connectivity index (χ1n) is 7.43. The second-order valence-corrected chi connectivity index (χ2v) is 6.10. The summed E-state index contributed by atoms with van der Waals surface area (Å²) in [5.74, 6) is -0.138. The van der Waals surface area contributed by atoms with E-state index in [4.69, 9.17) is 21.1 Å². The largest absolute Gasteiger partial charge is 0.488 e. The average molecular weight is 338 g/mol. The summed E-state index contributed by atoms with van der Waals surface area (Å²) in [5.41, 5.74) is 0.117. The molecule has 1 unspecified atom stereocenters. The predicted octanol–water partition coefficient (Wildman–Crippen LogP) is 2.96. The number of amides is 1. The summed E-state index contributed by atoms with van der Waals surface area (Å²) in [6.45, 7) is 3.74. The van der Waals surface area contributed by atoms with E-state index >= 15 is 0 Å². The van der Waals surface area contributed by atoms with Crippen molar-refractivity contribution in [3.05, 3.63) is 34.4 Å². The number of rotatable bonds is 5. The Morgan fingerprint density at radius 3 is 2.83 bits per heavy atom. The van der Waals surface area contributed by atoms with E-state index in [9.17, 15) is 9.59 Å². The number of esters is 1. The molecule has 1 aromatic carbocycles. The smallest absolute Gasteiger partial charge is 0.331 e. The highest BCUT2D eigenvalue weighted by molar-refractivity contribution is 6.30. The minimum Gasteiger partial charge on any atom is -0.488 e. The molecule has 0 aromatic heterocycles. The number of carbonyl (C=O) groups excluding carboxylic acids is 2. The van der Waals surface area contributed by atoms with Crippen molar-refractivity contribution in [1.29, 1.82) is 0 Å². The van der Waals surface area contributed by atoms with Crippen molar-refractivity contribution in [2.45, 2.75) is 32.2 Å². The topological polar surface area (TPSA) is 64.6 Å². The van der Waals surface area contributed by atoms with Gasteiger partial charge in [0.15, 0.2) is 0 Å². The monoisotopic (exact) mass is 337 g/mol. The molecule has 6 heteroatoms. The number of hydrogen-bond acceptors (Lipinski definition) is 4. The van der Waals surface area contributed by atoms with E-state index in [1.165, 1.54) is 7.11 Å². The van der Waals surface area contributed by atoms with E-state index in [1.807, 2.05) is 6.92 Å². The van der Waals surface area contributed by atoms with Gasteiger partial charge in [-0.25, -0.2) is 4.79 Å². The van der Waals surface area contributed by atoms with Crippen LogP contribution in [-0.4, -0.2) is 31.1 Å². The molecule has 1 aromatic rings. The molecule has 23 heavy (non-hydrogen) atoms. The summed E-state index contributed by atoms with van der Waals surface area (Å²) in [5, 5.41) is 3.33. The second kappa shape index (κ2) is 7.04. The summed E-state index contributed by atoms with van der Waals surface area (Å²) in [6, 6.07) is 5.22. The molecule has 0 aliphatic carbocycles. The summed E-state index contributed by atoms with van der Waals surface area (Å²) < 4.78 is 10.4. The molecule has 0 spiro atoms. The van der Waals surface area contributed by atoms with Gasteiger partial charge in [-0.1, -0.05) is 24.9 Å². The van der Waals surface area contributed by atoms with Crippen LogP contribution < -0.4 is 10.1 Å². The molecule has 1 N–H and O–H groups in total. The number of fused-ring (bicyclic) bond motifs is 1. The van der Waals surface area contributed by atoms with Crippen LogP contribution in [0.1, 0.15) is 32.3 Å². The zero-order valence-electron chi connectivity index (χ0n) is 13.4. The zero-order valence-corrected chi connectivity index (χ0v) is 14.2. The number of hydrogen-bond donors (Lipinski definition) is 1. The Kier molecular flexibility index (Phi) is 5.31. The summed E-state index contributed by atoms with van der Waals surface area (Å²) >= 11 is 5.97. The van der Waals surface area contributed by atoms with Gasteiger partial charge in [0.05, 0.1) is 12.7 Å². The van der Waals surface area contributed by atoms with Gasteiger partial charge in [-0.2, -0.15) is 0 Å². The molecule has 1 aliphatic rings. The van der Waals surface area contributed by atoms with Crippen molar-refractivity contribution in [3.63, 3.8) is 0 Å². The van der Waals surface area contributed by atoms with Crippen LogP contribution in [0.25, 0.3) is 6.08 Å². The number of benzene rings is 1. The first-order valence-corrected chi connectivity index (χ1v) is 7.81. The van der Waals surface area contributed by atoms with Gasteiger partial charge in [0.1, 0.15) is 17.9 Å². The molecule has 1 aliphatic heterocycles. The molecule has 0 saturated carbocycles. The van der Waals surface area contributed by atoms with E-state index < -0.39 is 11.5 Å². The molecular weight excluding hydrogens is 318 g/mol. The van der Waals surface area contributed by atoms with Crippen molar-refractivity contribution < 1.29 is 19.1 Å². The zero-order chi connectivity index (χ0) is 17.0. The molecule has 0 radical (unpaired) electrons. The van der Waals surface area contributed by atoms with Gasteiger partial charge in [-0.3, -0.25) is 4.79 Å². The van der Waals surface area contributed by atoms with Crippen LogP contribution in [0.15, 0.2) is 23.8 Å². The Morgan fingerprint density at radius 2 is 2.17 bits per heavy atom. The Morgan fingerprint density at radius 1 is 1.43 bits per heavy atom. The van der Waals surface area contributed by atoms with Crippen molar-refractivity contribution in [2.24, 2.45) is 0 Å². The standard InChI is InChI=1S/C17H20ClNO4/c1-4-7-17(2,16(21)22-3)19-15(20)12-8-11-9-13(18)5-6-14(11)23-10-12/h5-6,8-9H,4,7,10H2,1-3H3,(H,19,20). The molecule has 1 amide bonds. The normalized spacial score (nSPS) is 15.6. The number of carbonyl (C=O) groups is 2. The van der Waals surface area contributed by atoms with Crippen molar-refractivity contribution >= 4 is 29.6 Å². The average Bonchev–Trinajstić information content (AvgIpc) is 2.53. The lowest BCUT2D eigenvalue weighted by Crippen LogP contribution is -2.53. The quantitative estimate of drug-likeness (QED) is 0.839. The van der Waals surface area contributed by atoms with Crippen LogP contribution in [0.2, 0.25) is 5.02 Å². The highest BCUT2D eigenvalue weighted by Crippen LogP contribution is 2.29. The summed E-state index contributed by atoms with van der Waals surface area (Å²) in [6.07, 6.45) is 2.95. The fourth-order valence-electron chi connectivity index (χ4n) is 2.55. The first-order chi connectivity index (χ1) is 10.9. The summed E-state index contributed by atoms with van der Waals surface area (Å²) in [4.78, 5) is 24.5. The fraction of sp³-hybridized carbons (Fsp3) is 0.412. The Balaban J connectivity index is 2.22. The van der Waals surface area contributed by atoms with Crippen molar-refractivity contribution in [1.82, 2.24) is 5.32 Å². The minimum absolute atomic E-state index is 0.143. The van der Waals surface area contributed by atoms with E-state index in [-0.39, 0.29) is 12.5 Å². The fourth-order valence-corrected chi connectivity index (χ4v) is 2.73. The Hall–Kier alpha value is -2.01. The van der Waals surface area contributed by atoms with E-state index in [0.717, 1.165) is 12.0 Å². The molecule has 1 heterocycles. The molecule has 2 rings (SSSR count). The third-order valence-corrected chi connectivity index (χ3v) is 3.99. The van der Waals surface area contributed by atoms with E-state index in [0.29, 0.717) is 22.8 Å². The van der Waals surface area contributed by atoms with Gasteiger partial charge in [-0.15, -0.1) is 0 Å². The number of halogens is 1. The molecule has 0 bridgehead atoms.